The molecular formula is C23H28N2O4S2. The zero-order valence-corrected chi connectivity index (χ0v) is 19.1. The zero-order chi connectivity index (χ0) is 21.7. The van der Waals surface area contributed by atoms with Crippen molar-refractivity contribution in [2.24, 2.45) is 0 Å². The zero-order valence-electron chi connectivity index (χ0n) is 17.5. The van der Waals surface area contributed by atoms with Crippen molar-refractivity contribution in [1.82, 2.24) is 9.62 Å². The Labute approximate surface area is 188 Å². The minimum absolute atomic E-state index is 0.0174. The highest BCUT2D eigenvalue weighted by atomic mass is 32.2. The van der Waals surface area contributed by atoms with Crippen molar-refractivity contribution >= 4 is 27.7 Å². The van der Waals surface area contributed by atoms with Crippen molar-refractivity contribution in [3.63, 3.8) is 0 Å². The van der Waals surface area contributed by atoms with Crippen LogP contribution in [0.2, 0.25) is 0 Å². The normalized spacial score (nSPS) is 19.5. The molecule has 1 aliphatic heterocycles. The largest absolute Gasteiger partial charge is 0.379 e. The molecule has 1 heterocycles. The van der Waals surface area contributed by atoms with Gasteiger partial charge in [-0.05, 0) is 48.1 Å². The van der Waals surface area contributed by atoms with E-state index in [2.05, 4.69) is 17.4 Å². The van der Waals surface area contributed by atoms with E-state index in [4.69, 9.17) is 4.74 Å². The van der Waals surface area contributed by atoms with Crippen molar-refractivity contribution in [1.29, 1.82) is 0 Å². The lowest BCUT2D eigenvalue weighted by molar-refractivity contribution is -0.119. The van der Waals surface area contributed by atoms with Crippen LogP contribution in [0.15, 0.2) is 53.4 Å². The molecule has 1 atom stereocenters. The average molecular weight is 461 g/mol. The van der Waals surface area contributed by atoms with Crippen LogP contribution in [0.4, 0.5) is 0 Å². The Hall–Kier alpha value is -1.87. The van der Waals surface area contributed by atoms with Gasteiger partial charge in [0.2, 0.25) is 15.9 Å². The molecule has 1 N–H and O–H groups in total. The minimum atomic E-state index is -3.51. The Morgan fingerprint density at radius 2 is 1.94 bits per heavy atom. The minimum Gasteiger partial charge on any atom is -0.379 e. The number of rotatable bonds is 7. The fraction of sp³-hybridized carbons (Fsp3) is 0.435. The number of amides is 1. The van der Waals surface area contributed by atoms with E-state index in [9.17, 15) is 13.2 Å². The average Bonchev–Trinajstić information content (AvgIpc) is 2.80. The topological polar surface area (TPSA) is 75.7 Å². The number of nitrogens with one attached hydrogen (secondary N) is 1. The number of sulfonamides is 1. The molecule has 0 saturated carbocycles. The molecule has 31 heavy (non-hydrogen) atoms. The smallest absolute Gasteiger partial charge is 0.243 e. The van der Waals surface area contributed by atoms with Gasteiger partial charge in [-0.3, -0.25) is 4.79 Å². The van der Waals surface area contributed by atoms with E-state index in [0.717, 1.165) is 24.8 Å². The van der Waals surface area contributed by atoms with Crippen molar-refractivity contribution in [2.45, 2.75) is 36.0 Å². The molecule has 1 aliphatic carbocycles. The first-order valence-electron chi connectivity index (χ1n) is 10.7. The molecule has 8 heteroatoms. The predicted octanol–water partition coefficient (Wildman–Crippen LogP) is 3.13. The van der Waals surface area contributed by atoms with Gasteiger partial charge in [0.05, 0.1) is 29.9 Å². The van der Waals surface area contributed by atoms with Crippen LogP contribution in [0.5, 0.6) is 0 Å². The number of carbonyl (C=O) groups excluding carboxylic acids is 1. The number of benzene rings is 2. The van der Waals surface area contributed by atoms with Crippen LogP contribution in [0.3, 0.4) is 0 Å². The third-order valence-electron chi connectivity index (χ3n) is 5.71. The highest BCUT2D eigenvalue weighted by Crippen LogP contribution is 2.29. The van der Waals surface area contributed by atoms with E-state index >= 15 is 0 Å². The van der Waals surface area contributed by atoms with E-state index in [1.165, 1.54) is 27.2 Å². The van der Waals surface area contributed by atoms with Crippen LogP contribution in [0, 0.1) is 0 Å². The molecule has 0 spiro atoms. The second-order valence-corrected chi connectivity index (χ2v) is 10.8. The third-order valence-corrected chi connectivity index (χ3v) is 8.61. The maximum absolute atomic E-state index is 12.8. The van der Waals surface area contributed by atoms with Crippen molar-refractivity contribution in [2.75, 3.05) is 32.1 Å². The Bertz CT molecular complexity index is 1020. The summed E-state index contributed by atoms with van der Waals surface area (Å²) in [6, 6.07) is 15.4. The molecule has 1 amide bonds. The number of carbonyl (C=O) groups is 1. The number of ether oxygens (including phenoxy) is 1. The molecule has 2 aliphatic rings. The second-order valence-electron chi connectivity index (χ2n) is 7.87. The summed E-state index contributed by atoms with van der Waals surface area (Å²) in [5, 5.41) is 3.17. The molecule has 2 aromatic carbocycles. The summed E-state index contributed by atoms with van der Waals surface area (Å²) in [6.07, 6.45) is 3.12. The number of aryl methyl sites for hydroxylation is 1. The quantitative estimate of drug-likeness (QED) is 0.687. The van der Waals surface area contributed by atoms with Gasteiger partial charge in [-0.2, -0.15) is 4.31 Å². The third kappa shape index (κ3) is 5.49. The van der Waals surface area contributed by atoms with Gasteiger partial charge in [0.15, 0.2) is 0 Å². The summed E-state index contributed by atoms with van der Waals surface area (Å²) in [5.41, 5.74) is 3.45. The van der Waals surface area contributed by atoms with Crippen molar-refractivity contribution in [3.8, 4) is 0 Å². The van der Waals surface area contributed by atoms with Crippen LogP contribution in [-0.4, -0.2) is 50.7 Å². The number of thioether (sulfide) groups is 1. The molecule has 6 nitrogen and oxygen atoms in total. The summed E-state index contributed by atoms with van der Waals surface area (Å²) >= 11 is 1.50. The SMILES string of the molecule is O=C(CSCc1cccc(S(=O)(=O)N2CCOCC2)c1)N[C@@H]1CCCc2ccccc21. The monoisotopic (exact) mass is 460 g/mol. The van der Waals surface area contributed by atoms with E-state index in [-0.39, 0.29) is 11.9 Å². The van der Waals surface area contributed by atoms with E-state index in [0.29, 0.717) is 42.7 Å². The summed E-state index contributed by atoms with van der Waals surface area (Å²) in [4.78, 5) is 12.8. The first-order valence-corrected chi connectivity index (χ1v) is 13.3. The van der Waals surface area contributed by atoms with Gasteiger partial charge in [-0.1, -0.05) is 36.4 Å². The number of hydrogen-bond donors (Lipinski definition) is 1. The summed E-state index contributed by atoms with van der Waals surface area (Å²) in [7, 11) is -3.51. The van der Waals surface area contributed by atoms with E-state index < -0.39 is 10.0 Å². The fourth-order valence-electron chi connectivity index (χ4n) is 4.13. The first-order chi connectivity index (χ1) is 15.0. The predicted molar refractivity (Wildman–Crippen MR) is 122 cm³/mol. The molecule has 1 saturated heterocycles. The number of nitrogens with zero attached hydrogens (tertiary/aromatic N) is 1. The van der Waals surface area contributed by atoms with Gasteiger partial charge >= 0.3 is 0 Å². The molecule has 4 rings (SSSR count). The Morgan fingerprint density at radius 1 is 1.13 bits per heavy atom. The van der Waals surface area contributed by atoms with Crippen molar-refractivity contribution in [3.05, 3.63) is 65.2 Å². The van der Waals surface area contributed by atoms with Gasteiger partial charge in [0.1, 0.15) is 0 Å². The van der Waals surface area contributed by atoms with Crippen LogP contribution in [0.1, 0.15) is 35.6 Å². The summed E-state index contributed by atoms with van der Waals surface area (Å²) in [5.74, 6) is 0.948. The van der Waals surface area contributed by atoms with Crippen LogP contribution >= 0.6 is 11.8 Å². The molecular weight excluding hydrogens is 432 g/mol. The Balaban J connectivity index is 1.31. The molecule has 0 bridgehead atoms. The Morgan fingerprint density at radius 3 is 2.77 bits per heavy atom. The standard InChI is InChI=1S/C23H28N2O4S2/c26-23(24-22-10-4-7-19-6-1-2-9-21(19)22)17-30-16-18-5-3-8-20(15-18)31(27,28)25-11-13-29-14-12-25/h1-3,5-6,8-9,15,22H,4,7,10-14,16-17H2,(H,24,26)/t22-/m1/s1. The summed E-state index contributed by atoms with van der Waals surface area (Å²) < 4.78 is 32.4. The molecule has 166 valence electrons. The number of fused-ring (bicyclic) bond motifs is 1. The molecule has 0 radical (unpaired) electrons. The maximum atomic E-state index is 12.8. The van der Waals surface area contributed by atoms with Gasteiger partial charge < -0.3 is 10.1 Å². The van der Waals surface area contributed by atoms with E-state index in [1.54, 1.807) is 18.2 Å². The molecule has 0 unspecified atom stereocenters. The molecule has 1 fully saturated rings. The van der Waals surface area contributed by atoms with Crippen LogP contribution in [0.25, 0.3) is 0 Å². The lowest BCUT2D eigenvalue weighted by Gasteiger charge is -2.26. The molecule has 0 aromatic heterocycles. The fourth-order valence-corrected chi connectivity index (χ4v) is 6.40. The lowest BCUT2D eigenvalue weighted by atomic mass is 9.88. The van der Waals surface area contributed by atoms with Crippen molar-refractivity contribution < 1.29 is 17.9 Å². The number of morpholine rings is 1. The maximum Gasteiger partial charge on any atom is 0.243 e. The first kappa shape index (κ1) is 22.3. The van der Waals surface area contributed by atoms with Gasteiger partial charge in [-0.25, -0.2) is 8.42 Å². The van der Waals surface area contributed by atoms with Crippen LogP contribution < -0.4 is 5.32 Å². The van der Waals surface area contributed by atoms with Gasteiger partial charge in [0.25, 0.3) is 0 Å². The van der Waals surface area contributed by atoms with E-state index in [1.807, 2.05) is 18.2 Å². The lowest BCUT2D eigenvalue weighted by Crippen LogP contribution is -2.40. The second kappa shape index (κ2) is 10.2. The van der Waals surface area contributed by atoms with Gasteiger partial charge in [0, 0.05) is 18.8 Å². The Kier molecular flexibility index (Phi) is 7.32. The molecule has 2 aromatic rings. The summed E-state index contributed by atoms with van der Waals surface area (Å²) in [6.45, 7) is 1.61. The highest BCUT2D eigenvalue weighted by molar-refractivity contribution is 7.99. The van der Waals surface area contributed by atoms with Crippen LogP contribution in [-0.2, 0) is 31.7 Å². The van der Waals surface area contributed by atoms with Gasteiger partial charge in [-0.15, -0.1) is 11.8 Å². The number of hydrogen-bond acceptors (Lipinski definition) is 5. The highest BCUT2D eigenvalue weighted by Gasteiger charge is 2.26.